The summed E-state index contributed by atoms with van der Waals surface area (Å²) in [7, 11) is 0. The molecule has 0 aliphatic rings. The van der Waals surface area contributed by atoms with Gasteiger partial charge in [0.15, 0.2) is 5.78 Å². The highest BCUT2D eigenvalue weighted by Gasteiger charge is 2.11. The molecule has 0 saturated heterocycles. The number of nitrogens with zero attached hydrogens (tertiary/aromatic N) is 1. The highest BCUT2D eigenvalue weighted by molar-refractivity contribution is 7.13. The van der Waals surface area contributed by atoms with Crippen molar-refractivity contribution >= 4 is 34.4 Å². The molecule has 0 saturated carbocycles. The second-order valence-corrected chi connectivity index (χ2v) is 8.59. The minimum absolute atomic E-state index is 0.0140. The van der Waals surface area contributed by atoms with Gasteiger partial charge in [-0.1, -0.05) is 54.6 Å². The molecule has 0 unspecified atom stereocenters. The normalized spacial score (nSPS) is 10.7. The number of ketones is 1. The van der Waals surface area contributed by atoms with E-state index in [9.17, 15) is 9.59 Å². The molecule has 0 radical (unpaired) electrons. The Kier molecular flexibility index (Phi) is 6.47. The minimum Gasteiger partial charge on any atom is -0.352 e. The van der Waals surface area contributed by atoms with E-state index in [2.05, 4.69) is 10.7 Å². The molecule has 30 heavy (non-hydrogen) atoms. The summed E-state index contributed by atoms with van der Waals surface area (Å²) in [5, 5.41) is 7.78. The maximum Gasteiger partial charge on any atom is 0.220 e. The molecule has 2 heterocycles. The predicted molar refractivity (Wildman–Crippen MR) is 123 cm³/mol. The van der Waals surface area contributed by atoms with Gasteiger partial charge in [0, 0.05) is 35.9 Å². The van der Waals surface area contributed by atoms with E-state index in [-0.39, 0.29) is 24.5 Å². The third-order valence-electron chi connectivity index (χ3n) is 4.61. The lowest BCUT2D eigenvalue weighted by Crippen LogP contribution is -2.23. The van der Waals surface area contributed by atoms with Crippen LogP contribution in [-0.4, -0.2) is 16.7 Å². The zero-order valence-corrected chi connectivity index (χ0v) is 17.8. The first-order valence-corrected chi connectivity index (χ1v) is 11.4. The number of thiazole rings is 1. The number of thiophene rings is 1. The highest BCUT2D eigenvalue weighted by atomic mass is 32.1. The maximum absolute atomic E-state index is 12.1. The Morgan fingerprint density at radius 3 is 2.50 bits per heavy atom. The molecule has 0 aliphatic heterocycles. The molecule has 0 atom stereocenters. The molecule has 0 spiro atoms. The lowest BCUT2D eigenvalue weighted by atomic mass is 10.1. The quantitative estimate of drug-likeness (QED) is 0.357. The van der Waals surface area contributed by atoms with Crippen molar-refractivity contribution in [3.8, 4) is 21.8 Å². The van der Waals surface area contributed by atoms with Gasteiger partial charge in [-0.15, -0.1) is 22.7 Å². The van der Waals surface area contributed by atoms with Crippen LogP contribution in [0.5, 0.6) is 0 Å². The van der Waals surface area contributed by atoms with Crippen molar-refractivity contribution < 1.29 is 9.59 Å². The van der Waals surface area contributed by atoms with E-state index < -0.39 is 0 Å². The molecule has 4 nitrogen and oxygen atoms in total. The molecule has 2 aromatic heterocycles. The van der Waals surface area contributed by atoms with Gasteiger partial charge in [-0.25, -0.2) is 4.98 Å². The number of hydrogen-bond donors (Lipinski definition) is 1. The van der Waals surface area contributed by atoms with Crippen LogP contribution in [-0.2, 0) is 11.3 Å². The van der Waals surface area contributed by atoms with E-state index in [4.69, 9.17) is 4.98 Å². The van der Waals surface area contributed by atoms with Crippen LogP contribution < -0.4 is 5.32 Å². The summed E-state index contributed by atoms with van der Waals surface area (Å²) >= 11 is 3.01. The Morgan fingerprint density at radius 2 is 1.70 bits per heavy atom. The number of carbonyl (C=O) groups is 2. The lowest BCUT2D eigenvalue weighted by Gasteiger charge is -2.06. The van der Waals surface area contributed by atoms with Crippen LogP contribution in [0.3, 0.4) is 0 Å². The van der Waals surface area contributed by atoms with E-state index in [0.29, 0.717) is 11.4 Å². The zero-order valence-electron chi connectivity index (χ0n) is 16.2. The van der Waals surface area contributed by atoms with Crippen molar-refractivity contribution in [1.82, 2.24) is 10.3 Å². The van der Waals surface area contributed by atoms with Gasteiger partial charge in [0.2, 0.25) is 5.91 Å². The fourth-order valence-electron chi connectivity index (χ4n) is 3.04. The van der Waals surface area contributed by atoms with Gasteiger partial charge >= 0.3 is 0 Å². The number of nitrogens with one attached hydrogen (secondary N) is 1. The van der Waals surface area contributed by atoms with Gasteiger partial charge in [-0.05, 0) is 23.1 Å². The van der Waals surface area contributed by atoms with E-state index in [1.165, 1.54) is 11.3 Å². The SMILES string of the molecule is O=C(CCC(=O)c1cccs1)NCc1cccc(-c2nc(-c3ccccc3)cs2)c1. The minimum atomic E-state index is -0.120. The third-order valence-corrected chi connectivity index (χ3v) is 6.41. The van der Waals surface area contributed by atoms with Gasteiger partial charge in [0.05, 0.1) is 10.6 Å². The second-order valence-electron chi connectivity index (χ2n) is 6.78. The summed E-state index contributed by atoms with van der Waals surface area (Å²) in [6.07, 6.45) is 0.428. The smallest absolute Gasteiger partial charge is 0.220 e. The van der Waals surface area contributed by atoms with E-state index >= 15 is 0 Å². The van der Waals surface area contributed by atoms with Crippen LogP contribution >= 0.6 is 22.7 Å². The fraction of sp³-hybridized carbons (Fsp3) is 0.125. The monoisotopic (exact) mass is 432 g/mol. The average Bonchev–Trinajstić information content (AvgIpc) is 3.49. The number of carbonyl (C=O) groups excluding carboxylic acids is 2. The molecule has 4 rings (SSSR count). The molecule has 0 aliphatic carbocycles. The Balaban J connectivity index is 1.34. The first-order valence-electron chi connectivity index (χ1n) is 9.63. The first kappa shape index (κ1) is 20.2. The number of aromatic nitrogens is 1. The van der Waals surface area contributed by atoms with Crippen LogP contribution in [0, 0.1) is 0 Å². The summed E-state index contributed by atoms with van der Waals surface area (Å²) in [5.74, 6) is -0.106. The van der Waals surface area contributed by atoms with Crippen molar-refractivity contribution in [2.75, 3.05) is 0 Å². The molecular formula is C24H20N2O2S2. The largest absolute Gasteiger partial charge is 0.352 e. The standard InChI is InChI=1S/C24H20N2O2S2/c27-21(22-10-5-13-29-22)11-12-23(28)25-15-17-6-4-9-19(14-17)24-26-20(16-30-24)18-7-2-1-3-8-18/h1-10,13-14,16H,11-12,15H2,(H,25,28). The molecule has 0 bridgehead atoms. The van der Waals surface area contributed by atoms with E-state index in [1.807, 2.05) is 66.0 Å². The van der Waals surface area contributed by atoms with Gasteiger partial charge < -0.3 is 5.32 Å². The molecule has 4 aromatic rings. The van der Waals surface area contributed by atoms with Gasteiger partial charge in [0.25, 0.3) is 0 Å². The number of amides is 1. The second kappa shape index (κ2) is 9.61. The highest BCUT2D eigenvalue weighted by Crippen LogP contribution is 2.29. The van der Waals surface area contributed by atoms with Crippen molar-refractivity contribution in [3.63, 3.8) is 0 Å². The van der Waals surface area contributed by atoms with Crippen LogP contribution in [0.2, 0.25) is 0 Å². The zero-order chi connectivity index (χ0) is 20.8. The molecule has 150 valence electrons. The van der Waals surface area contributed by atoms with Gasteiger partial charge in [0.1, 0.15) is 5.01 Å². The molecule has 2 aromatic carbocycles. The summed E-state index contributed by atoms with van der Waals surface area (Å²) in [4.78, 5) is 29.6. The Hall–Kier alpha value is -3.09. The topological polar surface area (TPSA) is 59.1 Å². The van der Waals surface area contributed by atoms with E-state index in [0.717, 1.165) is 27.4 Å². The Morgan fingerprint density at radius 1 is 0.867 bits per heavy atom. The molecule has 6 heteroatoms. The number of Topliss-reactive ketones (excluding diaryl/α,β-unsaturated/α-hetero) is 1. The molecule has 0 fully saturated rings. The van der Waals surface area contributed by atoms with Gasteiger partial charge in [-0.2, -0.15) is 0 Å². The summed E-state index contributed by atoms with van der Waals surface area (Å²) in [6.45, 7) is 0.427. The summed E-state index contributed by atoms with van der Waals surface area (Å²) in [6, 6.07) is 21.8. The summed E-state index contributed by atoms with van der Waals surface area (Å²) < 4.78 is 0. The number of hydrogen-bond acceptors (Lipinski definition) is 5. The van der Waals surface area contributed by atoms with E-state index in [1.54, 1.807) is 17.4 Å². The van der Waals surface area contributed by atoms with Crippen molar-refractivity contribution in [2.45, 2.75) is 19.4 Å². The summed E-state index contributed by atoms with van der Waals surface area (Å²) in [5.41, 5.74) is 4.09. The van der Waals surface area contributed by atoms with Crippen molar-refractivity contribution in [1.29, 1.82) is 0 Å². The number of rotatable bonds is 8. The molecule has 1 N–H and O–H groups in total. The average molecular weight is 433 g/mol. The van der Waals surface area contributed by atoms with Crippen molar-refractivity contribution in [3.05, 3.63) is 87.9 Å². The van der Waals surface area contributed by atoms with Crippen LogP contribution in [0.1, 0.15) is 28.1 Å². The maximum atomic E-state index is 12.1. The van der Waals surface area contributed by atoms with Crippen LogP contribution in [0.4, 0.5) is 0 Å². The fourth-order valence-corrected chi connectivity index (χ4v) is 4.56. The van der Waals surface area contributed by atoms with Crippen molar-refractivity contribution in [2.24, 2.45) is 0 Å². The Labute approximate surface area is 183 Å². The van der Waals surface area contributed by atoms with Crippen LogP contribution in [0.15, 0.2) is 77.5 Å². The molecule has 1 amide bonds. The lowest BCUT2D eigenvalue weighted by molar-refractivity contribution is -0.121. The number of benzene rings is 2. The molecular weight excluding hydrogens is 412 g/mol. The first-order chi connectivity index (χ1) is 14.7. The third kappa shape index (κ3) is 5.09. The van der Waals surface area contributed by atoms with Crippen LogP contribution in [0.25, 0.3) is 21.8 Å². The van der Waals surface area contributed by atoms with Gasteiger partial charge in [-0.3, -0.25) is 9.59 Å². The Bertz CT molecular complexity index is 1140. The predicted octanol–water partition coefficient (Wildman–Crippen LogP) is 5.82.